The van der Waals surface area contributed by atoms with E-state index in [4.69, 9.17) is 0 Å². The Morgan fingerprint density at radius 2 is 1.27 bits per heavy atom. The summed E-state index contributed by atoms with van der Waals surface area (Å²) < 4.78 is 0. The lowest BCUT2D eigenvalue weighted by Gasteiger charge is -2.32. The number of fused-ring (bicyclic) bond motifs is 2. The Labute approximate surface area is 375 Å². The molecule has 8 heteroatoms. The Morgan fingerprint density at radius 1 is 0.651 bits per heavy atom. The van der Waals surface area contributed by atoms with Crippen molar-refractivity contribution in [2.45, 2.75) is 92.9 Å². The van der Waals surface area contributed by atoms with Crippen molar-refractivity contribution in [1.29, 1.82) is 0 Å². The fourth-order valence-corrected chi connectivity index (χ4v) is 9.05. The zero-order chi connectivity index (χ0) is 44.3. The molecule has 2 aromatic heterocycles. The van der Waals surface area contributed by atoms with Gasteiger partial charge in [0, 0.05) is 101 Å². The van der Waals surface area contributed by atoms with Gasteiger partial charge in [0.15, 0.2) is 0 Å². The molecule has 2 aliphatic rings. The second kappa shape index (κ2) is 21.1. The monoisotopic (exact) mass is 845 g/mol. The molecule has 4 heterocycles. The lowest BCUT2D eigenvalue weighted by molar-refractivity contribution is 0.101. The summed E-state index contributed by atoms with van der Waals surface area (Å²) in [5.74, 6) is -0.0953. The second-order valence-corrected chi connectivity index (χ2v) is 18.6. The van der Waals surface area contributed by atoms with Gasteiger partial charge in [-0.15, -0.1) is 0 Å². The summed E-state index contributed by atoms with van der Waals surface area (Å²) in [6.45, 7) is 19.9. The highest BCUT2D eigenvalue weighted by Crippen LogP contribution is 2.33. The van der Waals surface area contributed by atoms with Gasteiger partial charge >= 0.3 is 0 Å². The number of unbranched alkanes of at least 4 members (excludes halogenated alkanes) is 1. The summed E-state index contributed by atoms with van der Waals surface area (Å²) in [6, 6.07) is 28.1. The van der Waals surface area contributed by atoms with Gasteiger partial charge < -0.3 is 20.6 Å². The summed E-state index contributed by atoms with van der Waals surface area (Å²) in [4.78, 5) is 37.7. The van der Waals surface area contributed by atoms with Crippen LogP contribution in [0, 0.1) is 5.41 Å². The third-order valence-electron chi connectivity index (χ3n) is 12.2. The second-order valence-electron chi connectivity index (χ2n) is 18.6. The molecule has 8 rings (SSSR count). The SMILES string of the molecule is CCCCc1cccc(C(=O)Nc2ccc3[nH]cc(C4=CCN(CCC)CC4)c3c2)c1.CCCc1ccccc1C(=O)Nc1ccc2[nH]cc(C3=CCN(CC(C)(C)C)CC3)c2c1. The first kappa shape index (κ1) is 45.3. The molecule has 330 valence electrons. The van der Waals surface area contributed by atoms with Crippen LogP contribution in [0.5, 0.6) is 0 Å². The van der Waals surface area contributed by atoms with E-state index in [9.17, 15) is 9.59 Å². The summed E-state index contributed by atoms with van der Waals surface area (Å²) in [6.07, 6.45) is 17.5. The molecule has 0 atom stereocenters. The summed E-state index contributed by atoms with van der Waals surface area (Å²) in [5, 5.41) is 8.56. The van der Waals surface area contributed by atoms with Gasteiger partial charge in [-0.25, -0.2) is 0 Å². The molecule has 0 spiro atoms. The standard InChI is InChI=1S/C28H35N3O.C27H33N3O/c1-5-8-20-9-6-7-10-23(20)27(32)30-22-11-12-26-24(17-22)25(18-29-26)21-13-15-31(16-14-21)19-28(2,3)4;1-3-5-7-20-8-6-9-22(17-20)27(31)29-23-10-11-26-24(18-23)25(19-28-26)21-12-15-30(14-4-2)16-13-21/h6-7,9-13,17-18,29H,5,8,14-16,19H2,1-4H3,(H,30,32);6,8-12,17-19,28H,3-5,7,13-16H2,1-2H3,(H,29,31). The van der Waals surface area contributed by atoms with E-state index in [2.05, 4.69) is 127 Å². The molecular formula is C55H68N6O2. The lowest BCUT2D eigenvalue weighted by atomic mass is 9.93. The zero-order valence-electron chi connectivity index (χ0n) is 38.5. The number of hydrogen-bond acceptors (Lipinski definition) is 4. The molecule has 0 saturated heterocycles. The zero-order valence-corrected chi connectivity index (χ0v) is 38.5. The van der Waals surface area contributed by atoms with E-state index < -0.39 is 0 Å². The minimum Gasteiger partial charge on any atom is -0.361 e. The van der Waals surface area contributed by atoms with Crippen molar-refractivity contribution in [3.05, 3.63) is 143 Å². The predicted octanol–water partition coefficient (Wildman–Crippen LogP) is 12.8. The highest BCUT2D eigenvalue weighted by atomic mass is 16.2. The largest absolute Gasteiger partial charge is 0.361 e. The number of carbonyl (C=O) groups excluding carboxylic acids is 2. The van der Waals surface area contributed by atoms with E-state index >= 15 is 0 Å². The number of H-pyrrole nitrogens is 2. The molecule has 8 nitrogen and oxygen atoms in total. The van der Waals surface area contributed by atoms with Crippen molar-refractivity contribution in [2.75, 3.05) is 49.9 Å². The smallest absolute Gasteiger partial charge is 0.255 e. The van der Waals surface area contributed by atoms with Crippen LogP contribution in [-0.4, -0.2) is 70.9 Å². The van der Waals surface area contributed by atoms with Crippen LogP contribution < -0.4 is 10.6 Å². The Morgan fingerprint density at radius 3 is 1.84 bits per heavy atom. The number of rotatable bonds is 14. The fraction of sp³-hybridized carbons (Fsp3) is 0.382. The quantitative estimate of drug-likeness (QED) is 0.0878. The number of aryl methyl sites for hydroxylation is 2. The average Bonchev–Trinajstić information content (AvgIpc) is 3.91. The minimum absolute atomic E-state index is 0.0415. The van der Waals surface area contributed by atoms with Crippen molar-refractivity contribution in [3.63, 3.8) is 0 Å². The topological polar surface area (TPSA) is 96.3 Å². The Hall–Kier alpha value is -5.70. The van der Waals surface area contributed by atoms with Gasteiger partial charge in [0.05, 0.1) is 0 Å². The van der Waals surface area contributed by atoms with Gasteiger partial charge in [0.2, 0.25) is 0 Å². The first-order valence-corrected chi connectivity index (χ1v) is 23.4. The third kappa shape index (κ3) is 11.9. The Balaban J connectivity index is 0.000000189. The van der Waals surface area contributed by atoms with Crippen LogP contribution in [0.3, 0.4) is 0 Å². The van der Waals surface area contributed by atoms with Crippen molar-refractivity contribution < 1.29 is 9.59 Å². The number of aromatic amines is 2. The van der Waals surface area contributed by atoms with Crippen molar-refractivity contribution in [1.82, 2.24) is 19.8 Å². The average molecular weight is 845 g/mol. The number of carbonyl (C=O) groups is 2. The van der Waals surface area contributed by atoms with E-state index in [0.717, 1.165) is 118 Å². The van der Waals surface area contributed by atoms with Crippen LogP contribution in [0.15, 0.2) is 109 Å². The maximum Gasteiger partial charge on any atom is 0.255 e. The van der Waals surface area contributed by atoms with Crippen LogP contribution >= 0.6 is 0 Å². The number of hydrogen-bond donors (Lipinski definition) is 4. The van der Waals surface area contributed by atoms with Gasteiger partial charge in [-0.05, 0) is 127 Å². The van der Waals surface area contributed by atoms with E-state index in [1.54, 1.807) is 0 Å². The molecule has 0 bridgehead atoms. The minimum atomic E-state index is -0.0538. The van der Waals surface area contributed by atoms with Crippen LogP contribution in [-0.2, 0) is 12.8 Å². The summed E-state index contributed by atoms with van der Waals surface area (Å²) in [5.41, 5.74) is 13.3. The fourth-order valence-electron chi connectivity index (χ4n) is 9.05. The van der Waals surface area contributed by atoms with Crippen LogP contribution in [0.2, 0.25) is 0 Å². The number of anilines is 2. The van der Waals surface area contributed by atoms with Crippen molar-refractivity contribution >= 4 is 56.1 Å². The van der Waals surface area contributed by atoms with Gasteiger partial charge in [0.1, 0.15) is 0 Å². The normalized spacial score (nSPS) is 14.8. The maximum atomic E-state index is 13.0. The molecule has 0 unspecified atom stereocenters. The summed E-state index contributed by atoms with van der Waals surface area (Å²) in [7, 11) is 0. The molecule has 0 radical (unpaired) electrons. The molecule has 4 aromatic carbocycles. The number of nitrogens with zero attached hydrogens (tertiary/aromatic N) is 2. The van der Waals surface area contributed by atoms with Gasteiger partial charge in [-0.2, -0.15) is 0 Å². The first-order chi connectivity index (χ1) is 30.5. The van der Waals surface area contributed by atoms with E-state index in [1.807, 2.05) is 54.6 Å². The highest BCUT2D eigenvalue weighted by Gasteiger charge is 2.21. The number of nitrogens with one attached hydrogen (secondary N) is 4. The van der Waals surface area contributed by atoms with Gasteiger partial charge in [-0.3, -0.25) is 19.4 Å². The molecule has 4 N–H and O–H groups in total. The van der Waals surface area contributed by atoms with E-state index in [1.165, 1.54) is 45.0 Å². The lowest BCUT2D eigenvalue weighted by Crippen LogP contribution is -2.35. The molecule has 0 saturated carbocycles. The molecule has 2 aliphatic heterocycles. The molecule has 0 aliphatic carbocycles. The van der Waals surface area contributed by atoms with Crippen molar-refractivity contribution in [2.24, 2.45) is 5.41 Å². The molecular weight excluding hydrogens is 777 g/mol. The first-order valence-electron chi connectivity index (χ1n) is 23.4. The van der Waals surface area contributed by atoms with Crippen molar-refractivity contribution in [3.8, 4) is 0 Å². The van der Waals surface area contributed by atoms with Crippen LogP contribution in [0.25, 0.3) is 33.0 Å². The molecule has 6 aromatic rings. The number of amides is 2. The van der Waals surface area contributed by atoms with Gasteiger partial charge in [0.25, 0.3) is 11.8 Å². The molecule has 0 fully saturated rings. The van der Waals surface area contributed by atoms with E-state index in [0.29, 0.717) is 11.0 Å². The third-order valence-corrected chi connectivity index (χ3v) is 12.2. The Bertz CT molecular complexity index is 2570. The molecule has 2 amide bonds. The van der Waals surface area contributed by atoms with Crippen LogP contribution in [0.1, 0.15) is 123 Å². The Kier molecular flexibility index (Phi) is 15.2. The predicted molar refractivity (Wildman–Crippen MR) is 266 cm³/mol. The van der Waals surface area contributed by atoms with E-state index in [-0.39, 0.29) is 11.8 Å². The number of benzene rings is 4. The number of aromatic nitrogens is 2. The highest BCUT2D eigenvalue weighted by molar-refractivity contribution is 6.07. The molecule has 63 heavy (non-hydrogen) atoms. The van der Waals surface area contributed by atoms with Crippen LogP contribution in [0.4, 0.5) is 11.4 Å². The van der Waals surface area contributed by atoms with Gasteiger partial charge in [-0.1, -0.05) is 96.9 Å². The maximum absolute atomic E-state index is 13.0. The summed E-state index contributed by atoms with van der Waals surface area (Å²) >= 11 is 0.